The third-order valence-corrected chi connectivity index (χ3v) is 4.84. The molecule has 1 aromatic heterocycles. The number of anilines is 1. The van der Waals surface area contributed by atoms with Crippen LogP contribution in [0.2, 0.25) is 0 Å². The first-order valence-corrected chi connectivity index (χ1v) is 9.39. The van der Waals surface area contributed by atoms with Crippen LogP contribution in [0.25, 0.3) is 0 Å². The molecule has 3 rings (SSSR count). The van der Waals surface area contributed by atoms with Crippen LogP contribution in [0.4, 0.5) is 9.52 Å². The average Bonchev–Trinajstić information content (AvgIpc) is 3.02. The fourth-order valence-electron chi connectivity index (χ4n) is 2.32. The van der Waals surface area contributed by atoms with Gasteiger partial charge in [0.05, 0.1) is 18.9 Å². The molecule has 25 heavy (non-hydrogen) atoms. The van der Waals surface area contributed by atoms with Gasteiger partial charge in [-0.3, -0.25) is 15.0 Å². The maximum atomic E-state index is 13.6. The Morgan fingerprint density at radius 3 is 3.00 bits per heavy atom. The lowest BCUT2D eigenvalue weighted by Crippen LogP contribution is -2.35. The van der Waals surface area contributed by atoms with E-state index in [1.54, 1.807) is 6.07 Å². The van der Waals surface area contributed by atoms with Crippen molar-refractivity contribution in [2.45, 2.75) is 6.54 Å². The summed E-state index contributed by atoms with van der Waals surface area (Å²) in [4.78, 5) is 18.6. The Bertz CT molecular complexity index is 737. The van der Waals surface area contributed by atoms with Crippen molar-refractivity contribution in [3.05, 3.63) is 39.6 Å². The van der Waals surface area contributed by atoms with Gasteiger partial charge in [0, 0.05) is 29.5 Å². The van der Waals surface area contributed by atoms with Crippen LogP contribution < -0.4 is 10.1 Å². The summed E-state index contributed by atoms with van der Waals surface area (Å²) in [7, 11) is 0. The summed E-state index contributed by atoms with van der Waals surface area (Å²) in [5, 5.41) is 5.09. The number of rotatable bonds is 6. The number of nitrogens with zero attached hydrogens (tertiary/aromatic N) is 2. The minimum absolute atomic E-state index is 0.0329. The van der Waals surface area contributed by atoms with Crippen molar-refractivity contribution in [3.8, 4) is 5.75 Å². The second kappa shape index (κ2) is 8.70. The Morgan fingerprint density at radius 2 is 2.24 bits per heavy atom. The van der Waals surface area contributed by atoms with Gasteiger partial charge in [-0.1, -0.05) is 15.9 Å². The minimum atomic E-state index is -0.524. The van der Waals surface area contributed by atoms with Crippen LogP contribution >= 0.6 is 27.3 Å². The van der Waals surface area contributed by atoms with E-state index in [2.05, 4.69) is 31.1 Å². The lowest BCUT2D eigenvalue weighted by molar-refractivity contribution is -0.118. The average molecular weight is 430 g/mol. The first kappa shape index (κ1) is 18.2. The summed E-state index contributed by atoms with van der Waals surface area (Å²) in [5.74, 6) is -0.871. The van der Waals surface area contributed by atoms with Gasteiger partial charge in [-0.15, -0.1) is 11.3 Å². The molecule has 0 aliphatic carbocycles. The largest absolute Gasteiger partial charge is 0.481 e. The molecule has 1 aliphatic heterocycles. The minimum Gasteiger partial charge on any atom is -0.481 e. The topological polar surface area (TPSA) is 63.7 Å². The predicted molar refractivity (Wildman–Crippen MR) is 96.4 cm³/mol. The SMILES string of the molecule is O=C(COc1ccc(Br)cc1F)Nc1nc(CN2CCOCC2)cs1. The van der Waals surface area contributed by atoms with Crippen molar-refractivity contribution in [1.82, 2.24) is 9.88 Å². The molecule has 0 radical (unpaired) electrons. The van der Waals surface area contributed by atoms with Crippen LogP contribution in [0.15, 0.2) is 28.1 Å². The molecule has 6 nitrogen and oxygen atoms in total. The van der Waals surface area contributed by atoms with Crippen molar-refractivity contribution >= 4 is 38.3 Å². The number of halogens is 2. The highest BCUT2D eigenvalue weighted by molar-refractivity contribution is 9.10. The first-order chi connectivity index (χ1) is 12.1. The van der Waals surface area contributed by atoms with Crippen LogP contribution in [0.1, 0.15) is 5.69 Å². The number of aromatic nitrogens is 1. The van der Waals surface area contributed by atoms with Crippen LogP contribution in [-0.2, 0) is 16.1 Å². The summed E-state index contributed by atoms with van der Waals surface area (Å²) in [6.07, 6.45) is 0. The molecule has 0 bridgehead atoms. The summed E-state index contributed by atoms with van der Waals surface area (Å²) in [6, 6.07) is 4.40. The van der Waals surface area contributed by atoms with Gasteiger partial charge in [0.15, 0.2) is 23.3 Å². The van der Waals surface area contributed by atoms with Crippen molar-refractivity contribution in [3.63, 3.8) is 0 Å². The Kier molecular flexibility index (Phi) is 6.35. The fraction of sp³-hybridized carbons (Fsp3) is 0.375. The Morgan fingerprint density at radius 1 is 1.44 bits per heavy atom. The Balaban J connectivity index is 1.47. The quantitative estimate of drug-likeness (QED) is 0.764. The van der Waals surface area contributed by atoms with E-state index < -0.39 is 5.82 Å². The molecule has 134 valence electrons. The number of amides is 1. The number of carbonyl (C=O) groups excluding carboxylic acids is 1. The number of hydrogen-bond donors (Lipinski definition) is 1. The third kappa shape index (κ3) is 5.46. The Labute approximate surface area is 157 Å². The normalized spacial score (nSPS) is 15.1. The number of morpholine rings is 1. The Hall–Kier alpha value is -1.55. The van der Waals surface area contributed by atoms with E-state index in [1.807, 2.05) is 5.38 Å². The van der Waals surface area contributed by atoms with Gasteiger partial charge in [-0.05, 0) is 18.2 Å². The predicted octanol–water partition coefficient (Wildman–Crippen LogP) is 2.89. The smallest absolute Gasteiger partial charge is 0.264 e. The van der Waals surface area contributed by atoms with E-state index in [0.29, 0.717) is 9.60 Å². The summed E-state index contributed by atoms with van der Waals surface area (Å²) >= 11 is 4.52. The lowest BCUT2D eigenvalue weighted by atomic mass is 10.3. The molecule has 0 spiro atoms. The molecule has 0 unspecified atom stereocenters. The summed E-state index contributed by atoms with van der Waals surface area (Å²) < 4.78 is 24.8. The number of nitrogens with one attached hydrogen (secondary N) is 1. The van der Waals surface area contributed by atoms with Crippen LogP contribution in [0.5, 0.6) is 5.75 Å². The van der Waals surface area contributed by atoms with Crippen molar-refractivity contribution < 1.29 is 18.7 Å². The molecule has 1 fully saturated rings. The molecule has 1 aromatic carbocycles. The molecule has 9 heteroatoms. The zero-order valence-electron chi connectivity index (χ0n) is 13.3. The standard InChI is InChI=1S/C16H17BrFN3O3S/c17-11-1-2-14(13(18)7-11)24-9-15(22)20-16-19-12(10-25-16)8-21-3-5-23-6-4-21/h1-2,7,10H,3-6,8-9H2,(H,19,20,22). The third-order valence-electron chi connectivity index (χ3n) is 3.54. The molecule has 1 saturated heterocycles. The van der Waals surface area contributed by atoms with Gasteiger partial charge in [0.1, 0.15) is 0 Å². The molecular formula is C16H17BrFN3O3S. The monoisotopic (exact) mass is 429 g/mol. The number of carbonyl (C=O) groups is 1. The van der Waals surface area contributed by atoms with Gasteiger partial charge < -0.3 is 9.47 Å². The van der Waals surface area contributed by atoms with E-state index in [9.17, 15) is 9.18 Å². The second-order valence-electron chi connectivity index (χ2n) is 5.44. The highest BCUT2D eigenvalue weighted by Crippen LogP contribution is 2.21. The van der Waals surface area contributed by atoms with Gasteiger partial charge >= 0.3 is 0 Å². The zero-order valence-corrected chi connectivity index (χ0v) is 15.7. The number of thiazole rings is 1. The maximum absolute atomic E-state index is 13.6. The molecule has 1 aliphatic rings. The highest BCUT2D eigenvalue weighted by atomic mass is 79.9. The van der Waals surface area contributed by atoms with E-state index in [0.717, 1.165) is 38.5 Å². The number of benzene rings is 1. The van der Waals surface area contributed by atoms with Gasteiger partial charge in [-0.25, -0.2) is 9.37 Å². The van der Waals surface area contributed by atoms with Gasteiger partial charge in [0.2, 0.25) is 0 Å². The zero-order chi connectivity index (χ0) is 17.6. The van der Waals surface area contributed by atoms with Crippen LogP contribution in [0, 0.1) is 5.82 Å². The molecule has 2 aromatic rings. The summed E-state index contributed by atoms with van der Waals surface area (Å²) in [6.45, 7) is 3.68. The van der Waals surface area contributed by atoms with Crippen LogP contribution in [0.3, 0.4) is 0 Å². The molecular weight excluding hydrogens is 413 g/mol. The number of ether oxygens (including phenoxy) is 2. The van der Waals surface area contributed by atoms with Crippen LogP contribution in [-0.4, -0.2) is 48.7 Å². The first-order valence-electron chi connectivity index (χ1n) is 7.72. The summed E-state index contributed by atoms with van der Waals surface area (Å²) in [5.41, 5.74) is 0.905. The van der Waals surface area contributed by atoms with Gasteiger partial charge in [-0.2, -0.15) is 0 Å². The highest BCUT2D eigenvalue weighted by Gasteiger charge is 2.14. The van der Waals surface area contributed by atoms with Crippen molar-refractivity contribution in [2.75, 3.05) is 38.2 Å². The molecule has 0 atom stereocenters. The van der Waals surface area contributed by atoms with E-state index in [-0.39, 0.29) is 18.3 Å². The molecule has 0 saturated carbocycles. The van der Waals surface area contributed by atoms with E-state index in [4.69, 9.17) is 9.47 Å². The van der Waals surface area contributed by atoms with Crippen molar-refractivity contribution in [1.29, 1.82) is 0 Å². The second-order valence-corrected chi connectivity index (χ2v) is 7.22. The van der Waals surface area contributed by atoms with Crippen molar-refractivity contribution in [2.24, 2.45) is 0 Å². The fourth-order valence-corrected chi connectivity index (χ4v) is 3.37. The number of hydrogen-bond acceptors (Lipinski definition) is 6. The maximum Gasteiger partial charge on any atom is 0.264 e. The van der Waals surface area contributed by atoms with Gasteiger partial charge in [0.25, 0.3) is 5.91 Å². The molecule has 1 N–H and O–H groups in total. The van der Waals surface area contributed by atoms with E-state index in [1.165, 1.54) is 23.5 Å². The molecule has 1 amide bonds. The molecule has 2 heterocycles. The van der Waals surface area contributed by atoms with E-state index >= 15 is 0 Å². The lowest BCUT2D eigenvalue weighted by Gasteiger charge is -2.25.